The van der Waals surface area contributed by atoms with E-state index in [0.717, 1.165) is 13.0 Å². The Labute approximate surface area is 112 Å². The summed E-state index contributed by atoms with van der Waals surface area (Å²) in [5, 5.41) is 3.10. The van der Waals surface area contributed by atoms with Crippen LogP contribution in [0.15, 0.2) is 54.6 Å². The predicted molar refractivity (Wildman–Crippen MR) is 73.7 cm³/mol. The number of benzene rings is 2. The topological polar surface area (TPSA) is 29.1 Å². The average Bonchev–Trinajstić information content (AvgIpc) is 2.45. The van der Waals surface area contributed by atoms with Crippen LogP contribution in [-0.2, 0) is 6.42 Å². The van der Waals surface area contributed by atoms with Crippen molar-refractivity contribution in [2.24, 2.45) is 0 Å². The molecule has 0 aliphatic rings. The standard InChI is InChI=1S/C16H16FNO/c17-15-8-6-14(7-9-15)16(19)12-18-11-10-13-4-2-1-3-5-13/h1-9,18H,10-12H2. The van der Waals surface area contributed by atoms with Gasteiger partial charge in [0.1, 0.15) is 5.82 Å². The first-order valence-electron chi connectivity index (χ1n) is 6.29. The largest absolute Gasteiger partial charge is 0.309 e. The van der Waals surface area contributed by atoms with Crippen molar-refractivity contribution in [2.45, 2.75) is 6.42 Å². The fourth-order valence-corrected chi connectivity index (χ4v) is 1.82. The maximum Gasteiger partial charge on any atom is 0.176 e. The average molecular weight is 257 g/mol. The number of hydrogen-bond acceptors (Lipinski definition) is 2. The number of carbonyl (C=O) groups is 1. The van der Waals surface area contributed by atoms with Crippen LogP contribution >= 0.6 is 0 Å². The van der Waals surface area contributed by atoms with E-state index >= 15 is 0 Å². The summed E-state index contributed by atoms with van der Waals surface area (Å²) in [7, 11) is 0. The monoisotopic (exact) mass is 257 g/mol. The van der Waals surface area contributed by atoms with Crippen molar-refractivity contribution in [2.75, 3.05) is 13.1 Å². The maximum absolute atomic E-state index is 12.7. The Morgan fingerprint density at radius 1 is 1.00 bits per heavy atom. The van der Waals surface area contributed by atoms with Crippen LogP contribution in [0.25, 0.3) is 0 Å². The molecule has 0 heterocycles. The maximum atomic E-state index is 12.7. The molecule has 0 atom stereocenters. The molecule has 0 unspecified atom stereocenters. The zero-order valence-corrected chi connectivity index (χ0v) is 10.6. The Bertz CT molecular complexity index is 522. The molecule has 0 aromatic heterocycles. The van der Waals surface area contributed by atoms with E-state index in [0.29, 0.717) is 5.56 Å². The molecule has 98 valence electrons. The van der Waals surface area contributed by atoms with Gasteiger partial charge < -0.3 is 5.32 Å². The summed E-state index contributed by atoms with van der Waals surface area (Å²) in [5.41, 5.74) is 1.78. The van der Waals surface area contributed by atoms with Gasteiger partial charge in [0.25, 0.3) is 0 Å². The van der Waals surface area contributed by atoms with Gasteiger partial charge in [0.05, 0.1) is 6.54 Å². The lowest BCUT2D eigenvalue weighted by atomic mass is 10.1. The molecular formula is C16H16FNO. The molecule has 0 aliphatic heterocycles. The van der Waals surface area contributed by atoms with Crippen LogP contribution < -0.4 is 5.32 Å². The number of nitrogens with one attached hydrogen (secondary N) is 1. The summed E-state index contributed by atoms with van der Waals surface area (Å²) < 4.78 is 12.7. The fraction of sp³-hybridized carbons (Fsp3) is 0.188. The van der Waals surface area contributed by atoms with Crippen LogP contribution in [0.2, 0.25) is 0 Å². The molecule has 0 amide bonds. The highest BCUT2D eigenvalue weighted by molar-refractivity contribution is 5.97. The van der Waals surface area contributed by atoms with E-state index < -0.39 is 0 Å². The molecule has 0 aliphatic carbocycles. The van der Waals surface area contributed by atoms with Crippen molar-refractivity contribution >= 4 is 5.78 Å². The molecule has 0 spiro atoms. The summed E-state index contributed by atoms with van der Waals surface area (Å²) >= 11 is 0. The first-order chi connectivity index (χ1) is 9.25. The van der Waals surface area contributed by atoms with E-state index in [-0.39, 0.29) is 18.1 Å². The van der Waals surface area contributed by atoms with Crippen molar-refractivity contribution in [1.82, 2.24) is 5.32 Å². The highest BCUT2D eigenvalue weighted by atomic mass is 19.1. The lowest BCUT2D eigenvalue weighted by Gasteiger charge is -2.04. The number of Topliss-reactive ketones (excluding diaryl/α,β-unsaturated/α-hetero) is 1. The lowest BCUT2D eigenvalue weighted by molar-refractivity contribution is 0.0991. The smallest absolute Gasteiger partial charge is 0.176 e. The minimum absolute atomic E-state index is 0.0203. The Hall–Kier alpha value is -2.00. The number of halogens is 1. The third-order valence-corrected chi connectivity index (χ3v) is 2.89. The van der Waals surface area contributed by atoms with Gasteiger partial charge in [0.2, 0.25) is 0 Å². The first kappa shape index (κ1) is 13.4. The van der Waals surface area contributed by atoms with E-state index in [9.17, 15) is 9.18 Å². The molecule has 0 saturated heterocycles. The Morgan fingerprint density at radius 3 is 2.37 bits per heavy atom. The van der Waals surface area contributed by atoms with Gasteiger partial charge in [-0.25, -0.2) is 4.39 Å². The molecule has 0 radical (unpaired) electrons. The molecule has 1 N–H and O–H groups in total. The Balaban J connectivity index is 1.74. The summed E-state index contributed by atoms with van der Waals surface area (Å²) in [4.78, 5) is 11.8. The molecule has 2 nitrogen and oxygen atoms in total. The fourth-order valence-electron chi connectivity index (χ4n) is 1.82. The van der Waals surface area contributed by atoms with Crippen LogP contribution in [0.5, 0.6) is 0 Å². The van der Waals surface area contributed by atoms with Crippen LogP contribution in [0.3, 0.4) is 0 Å². The molecular weight excluding hydrogens is 241 g/mol. The quantitative estimate of drug-likeness (QED) is 0.637. The van der Waals surface area contributed by atoms with Crippen molar-refractivity contribution in [3.8, 4) is 0 Å². The third kappa shape index (κ3) is 4.30. The summed E-state index contributed by atoms with van der Waals surface area (Å²) in [6, 6.07) is 15.7. The molecule has 3 heteroatoms. The van der Waals surface area contributed by atoms with Crippen LogP contribution in [0.1, 0.15) is 15.9 Å². The van der Waals surface area contributed by atoms with Crippen LogP contribution in [0, 0.1) is 5.82 Å². The molecule has 2 rings (SSSR count). The van der Waals surface area contributed by atoms with Gasteiger partial charge in [0, 0.05) is 5.56 Å². The van der Waals surface area contributed by atoms with Crippen LogP contribution in [0.4, 0.5) is 4.39 Å². The first-order valence-corrected chi connectivity index (χ1v) is 6.29. The van der Waals surface area contributed by atoms with E-state index in [1.165, 1.54) is 29.8 Å². The summed E-state index contributed by atoms with van der Waals surface area (Å²) in [5.74, 6) is -0.346. The van der Waals surface area contributed by atoms with Gasteiger partial charge in [-0.1, -0.05) is 30.3 Å². The molecule has 2 aromatic carbocycles. The van der Waals surface area contributed by atoms with Gasteiger partial charge in [-0.2, -0.15) is 0 Å². The minimum atomic E-state index is -0.325. The van der Waals surface area contributed by atoms with E-state index in [2.05, 4.69) is 17.4 Å². The number of rotatable bonds is 6. The van der Waals surface area contributed by atoms with E-state index in [1.807, 2.05) is 18.2 Å². The highest BCUT2D eigenvalue weighted by Crippen LogP contribution is 2.03. The lowest BCUT2D eigenvalue weighted by Crippen LogP contribution is -2.25. The van der Waals surface area contributed by atoms with Gasteiger partial charge >= 0.3 is 0 Å². The second kappa shape index (κ2) is 6.81. The van der Waals surface area contributed by atoms with Gasteiger partial charge in [-0.3, -0.25) is 4.79 Å². The summed E-state index contributed by atoms with van der Waals surface area (Å²) in [6.07, 6.45) is 0.886. The van der Waals surface area contributed by atoms with Crippen molar-refractivity contribution in [3.63, 3.8) is 0 Å². The van der Waals surface area contributed by atoms with Gasteiger partial charge in [-0.15, -0.1) is 0 Å². The zero-order chi connectivity index (χ0) is 13.5. The second-order valence-electron chi connectivity index (χ2n) is 4.34. The summed E-state index contributed by atoms with van der Waals surface area (Å²) in [6.45, 7) is 1.02. The molecule has 0 fully saturated rings. The van der Waals surface area contributed by atoms with Crippen molar-refractivity contribution in [3.05, 3.63) is 71.5 Å². The van der Waals surface area contributed by atoms with Crippen molar-refractivity contribution < 1.29 is 9.18 Å². The van der Waals surface area contributed by atoms with E-state index in [1.54, 1.807) is 0 Å². The molecule has 0 bridgehead atoms. The van der Waals surface area contributed by atoms with Gasteiger partial charge in [0.15, 0.2) is 5.78 Å². The Morgan fingerprint density at radius 2 is 1.68 bits per heavy atom. The van der Waals surface area contributed by atoms with Crippen molar-refractivity contribution in [1.29, 1.82) is 0 Å². The van der Waals surface area contributed by atoms with E-state index in [4.69, 9.17) is 0 Å². The molecule has 0 saturated carbocycles. The Kier molecular flexibility index (Phi) is 4.81. The SMILES string of the molecule is O=C(CNCCc1ccccc1)c1ccc(F)cc1. The second-order valence-corrected chi connectivity index (χ2v) is 4.34. The highest BCUT2D eigenvalue weighted by Gasteiger charge is 2.04. The molecule has 2 aromatic rings. The third-order valence-electron chi connectivity index (χ3n) is 2.89. The van der Waals surface area contributed by atoms with Gasteiger partial charge in [-0.05, 0) is 42.8 Å². The number of hydrogen-bond donors (Lipinski definition) is 1. The minimum Gasteiger partial charge on any atom is -0.309 e. The normalized spacial score (nSPS) is 10.4. The molecule has 19 heavy (non-hydrogen) atoms. The number of carbonyl (C=O) groups excluding carboxylic acids is 1. The zero-order valence-electron chi connectivity index (χ0n) is 10.6. The number of ketones is 1. The predicted octanol–water partition coefficient (Wildman–Crippen LogP) is 2.84. The van der Waals surface area contributed by atoms with Crippen LogP contribution in [-0.4, -0.2) is 18.9 Å².